The number of hydrogen-bond donors (Lipinski definition) is 1. The van der Waals surface area contributed by atoms with Gasteiger partial charge in [0.15, 0.2) is 5.82 Å². The van der Waals surface area contributed by atoms with E-state index >= 15 is 0 Å². The van der Waals surface area contributed by atoms with Crippen LogP contribution in [0, 0.1) is 5.92 Å². The van der Waals surface area contributed by atoms with Crippen LogP contribution in [0.15, 0.2) is 18.6 Å². The van der Waals surface area contributed by atoms with Crippen molar-refractivity contribution in [3.8, 4) is 0 Å². The summed E-state index contributed by atoms with van der Waals surface area (Å²) in [4.78, 5) is 19.3. The minimum atomic E-state index is 0.0439. The quantitative estimate of drug-likeness (QED) is 0.817. The van der Waals surface area contributed by atoms with E-state index in [4.69, 9.17) is 0 Å². The van der Waals surface area contributed by atoms with Gasteiger partial charge in [-0.3, -0.25) is 9.78 Å². The Bertz CT molecular complexity index is 322. The van der Waals surface area contributed by atoms with Crippen LogP contribution in [0.2, 0.25) is 0 Å². The summed E-state index contributed by atoms with van der Waals surface area (Å²) in [6.07, 6.45) is 10.2. The van der Waals surface area contributed by atoms with E-state index in [-0.39, 0.29) is 5.91 Å². The minimum absolute atomic E-state index is 0.0439. The Morgan fingerprint density at radius 2 is 2.33 bits per heavy atom. The maximum atomic E-state index is 11.5. The van der Waals surface area contributed by atoms with Crippen molar-refractivity contribution < 1.29 is 4.79 Å². The lowest BCUT2D eigenvalue weighted by atomic mass is 9.82. The van der Waals surface area contributed by atoms with Crippen LogP contribution < -0.4 is 5.32 Å². The maximum absolute atomic E-state index is 11.5. The SMILES string of the molecule is O=C(CCC1CCC1)Nc1cnccn1. The lowest BCUT2D eigenvalue weighted by Crippen LogP contribution is -2.17. The molecule has 2 rings (SSSR count). The molecule has 80 valence electrons. The zero-order valence-corrected chi connectivity index (χ0v) is 8.65. The molecule has 1 heterocycles. The number of rotatable bonds is 4. The Morgan fingerprint density at radius 3 is 2.93 bits per heavy atom. The molecule has 1 aliphatic rings. The van der Waals surface area contributed by atoms with Gasteiger partial charge in [-0.2, -0.15) is 0 Å². The number of carbonyl (C=O) groups is 1. The van der Waals surface area contributed by atoms with Crippen LogP contribution in [0.25, 0.3) is 0 Å². The van der Waals surface area contributed by atoms with Crippen LogP contribution in [-0.2, 0) is 4.79 Å². The third-order valence-corrected chi connectivity index (χ3v) is 2.84. The normalized spacial score (nSPS) is 15.7. The molecule has 1 fully saturated rings. The van der Waals surface area contributed by atoms with E-state index in [0.29, 0.717) is 12.2 Å². The van der Waals surface area contributed by atoms with Crippen molar-refractivity contribution in [2.24, 2.45) is 5.92 Å². The van der Waals surface area contributed by atoms with Gasteiger partial charge in [-0.15, -0.1) is 0 Å². The van der Waals surface area contributed by atoms with Gasteiger partial charge in [-0.1, -0.05) is 19.3 Å². The number of anilines is 1. The van der Waals surface area contributed by atoms with Gasteiger partial charge in [0.25, 0.3) is 0 Å². The van der Waals surface area contributed by atoms with E-state index in [2.05, 4.69) is 15.3 Å². The average molecular weight is 205 g/mol. The lowest BCUT2D eigenvalue weighted by molar-refractivity contribution is -0.116. The van der Waals surface area contributed by atoms with Crippen LogP contribution in [0.4, 0.5) is 5.82 Å². The molecule has 0 aliphatic heterocycles. The van der Waals surface area contributed by atoms with Gasteiger partial charge in [-0.25, -0.2) is 4.98 Å². The predicted octanol–water partition coefficient (Wildman–Crippen LogP) is 2.00. The molecule has 1 aromatic rings. The fraction of sp³-hybridized carbons (Fsp3) is 0.545. The average Bonchev–Trinajstić information content (AvgIpc) is 2.17. The fourth-order valence-electron chi connectivity index (χ4n) is 1.69. The molecule has 4 heteroatoms. The number of amides is 1. The van der Waals surface area contributed by atoms with Crippen LogP contribution in [0.3, 0.4) is 0 Å². The van der Waals surface area contributed by atoms with E-state index in [1.165, 1.54) is 19.3 Å². The van der Waals surface area contributed by atoms with Gasteiger partial charge in [0.2, 0.25) is 5.91 Å². The number of hydrogen-bond acceptors (Lipinski definition) is 3. The molecule has 0 atom stereocenters. The minimum Gasteiger partial charge on any atom is -0.309 e. The molecule has 1 saturated carbocycles. The highest BCUT2D eigenvalue weighted by Crippen LogP contribution is 2.30. The first-order valence-corrected chi connectivity index (χ1v) is 5.40. The van der Waals surface area contributed by atoms with Crippen LogP contribution >= 0.6 is 0 Å². The topological polar surface area (TPSA) is 54.9 Å². The second kappa shape index (κ2) is 4.87. The van der Waals surface area contributed by atoms with Gasteiger partial charge in [0.1, 0.15) is 0 Å². The number of aromatic nitrogens is 2. The molecular formula is C11H15N3O. The van der Waals surface area contributed by atoms with Crippen LogP contribution in [-0.4, -0.2) is 15.9 Å². The summed E-state index contributed by atoms with van der Waals surface area (Å²) < 4.78 is 0. The molecule has 1 aromatic heterocycles. The number of nitrogens with one attached hydrogen (secondary N) is 1. The van der Waals surface area contributed by atoms with Crippen molar-refractivity contribution in [3.63, 3.8) is 0 Å². The highest BCUT2D eigenvalue weighted by atomic mass is 16.1. The van der Waals surface area contributed by atoms with Crippen molar-refractivity contribution in [3.05, 3.63) is 18.6 Å². The van der Waals surface area contributed by atoms with Crippen LogP contribution in [0.5, 0.6) is 0 Å². The Hall–Kier alpha value is -1.45. The molecule has 0 unspecified atom stereocenters. The standard InChI is InChI=1S/C11H15N3O/c15-11(5-4-9-2-1-3-9)14-10-8-12-6-7-13-10/h6-9H,1-5H2,(H,13,14,15). The third kappa shape index (κ3) is 3.01. The Kier molecular flexibility index (Phi) is 3.27. The smallest absolute Gasteiger partial charge is 0.225 e. The fourth-order valence-corrected chi connectivity index (χ4v) is 1.69. The first-order valence-electron chi connectivity index (χ1n) is 5.40. The molecule has 0 radical (unpaired) electrons. The first-order chi connectivity index (χ1) is 7.34. The van der Waals surface area contributed by atoms with Gasteiger partial charge >= 0.3 is 0 Å². The summed E-state index contributed by atoms with van der Waals surface area (Å²) >= 11 is 0. The van der Waals surface area contributed by atoms with Crippen molar-refractivity contribution in [2.45, 2.75) is 32.1 Å². The second-order valence-corrected chi connectivity index (χ2v) is 3.97. The molecule has 15 heavy (non-hydrogen) atoms. The maximum Gasteiger partial charge on any atom is 0.225 e. The number of nitrogens with zero attached hydrogens (tertiary/aromatic N) is 2. The van der Waals surface area contributed by atoms with Crippen molar-refractivity contribution in [2.75, 3.05) is 5.32 Å². The molecule has 1 aliphatic carbocycles. The highest BCUT2D eigenvalue weighted by Gasteiger charge is 2.18. The van der Waals surface area contributed by atoms with Crippen molar-refractivity contribution in [1.82, 2.24) is 9.97 Å². The number of carbonyl (C=O) groups excluding carboxylic acids is 1. The Morgan fingerprint density at radius 1 is 1.47 bits per heavy atom. The lowest BCUT2D eigenvalue weighted by Gasteiger charge is -2.24. The zero-order valence-electron chi connectivity index (χ0n) is 8.65. The van der Waals surface area contributed by atoms with E-state index in [9.17, 15) is 4.79 Å². The zero-order chi connectivity index (χ0) is 10.5. The van der Waals surface area contributed by atoms with E-state index < -0.39 is 0 Å². The molecule has 4 nitrogen and oxygen atoms in total. The van der Waals surface area contributed by atoms with E-state index in [1.807, 2.05) is 0 Å². The van der Waals surface area contributed by atoms with Crippen molar-refractivity contribution in [1.29, 1.82) is 0 Å². The van der Waals surface area contributed by atoms with Gasteiger partial charge in [0, 0.05) is 18.8 Å². The van der Waals surface area contributed by atoms with E-state index in [0.717, 1.165) is 12.3 Å². The monoisotopic (exact) mass is 205 g/mol. The van der Waals surface area contributed by atoms with Gasteiger partial charge in [-0.05, 0) is 12.3 Å². The molecule has 0 aromatic carbocycles. The molecule has 0 spiro atoms. The summed E-state index contributed by atoms with van der Waals surface area (Å²) in [6, 6.07) is 0. The second-order valence-electron chi connectivity index (χ2n) is 3.97. The Labute approximate surface area is 89.1 Å². The summed E-state index contributed by atoms with van der Waals surface area (Å²) in [5, 5.41) is 2.73. The van der Waals surface area contributed by atoms with E-state index in [1.54, 1.807) is 18.6 Å². The first kappa shape index (κ1) is 10.1. The highest BCUT2D eigenvalue weighted by molar-refractivity contribution is 5.89. The summed E-state index contributed by atoms with van der Waals surface area (Å²) in [5.74, 6) is 1.36. The molecule has 1 N–H and O–H groups in total. The molecule has 0 bridgehead atoms. The summed E-state index contributed by atoms with van der Waals surface area (Å²) in [5.41, 5.74) is 0. The third-order valence-electron chi connectivity index (χ3n) is 2.84. The Balaban J connectivity index is 1.72. The molecule has 0 saturated heterocycles. The van der Waals surface area contributed by atoms with Crippen molar-refractivity contribution >= 4 is 11.7 Å². The summed E-state index contributed by atoms with van der Waals surface area (Å²) in [7, 11) is 0. The van der Waals surface area contributed by atoms with Gasteiger partial charge < -0.3 is 5.32 Å². The molecule has 1 amide bonds. The summed E-state index contributed by atoms with van der Waals surface area (Å²) in [6.45, 7) is 0. The van der Waals surface area contributed by atoms with Crippen LogP contribution in [0.1, 0.15) is 32.1 Å². The van der Waals surface area contributed by atoms with Gasteiger partial charge in [0.05, 0.1) is 6.20 Å². The largest absolute Gasteiger partial charge is 0.309 e. The molecular weight excluding hydrogens is 190 g/mol. The predicted molar refractivity (Wildman–Crippen MR) is 57.2 cm³/mol.